The highest BCUT2D eigenvalue weighted by Crippen LogP contribution is 2.13. The van der Waals surface area contributed by atoms with E-state index >= 15 is 0 Å². The second-order valence-corrected chi connectivity index (χ2v) is 2.73. The van der Waals surface area contributed by atoms with Crippen molar-refractivity contribution in [2.24, 2.45) is 5.73 Å². The predicted octanol–water partition coefficient (Wildman–Crippen LogP) is 2.13. The Hall–Kier alpha value is -1.15. The molecular weight excluding hydrogens is 148 g/mol. The van der Waals surface area contributed by atoms with E-state index in [1.807, 2.05) is 12.1 Å². The molecule has 12 heavy (non-hydrogen) atoms. The van der Waals surface area contributed by atoms with Crippen LogP contribution in [0, 0.1) is 0 Å². The molecule has 0 aliphatic carbocycles. The summed E-state index contributed by atoms with van der Waals surface area (Å²) < 4.78 is 0. The van der Waals surface area contributed by atoms with Crippen LogP contribution in [0.1, 0.15) is 30.6 Å². The molecule has 1 aromatic rings. The van der Waals surface area contributed by atoms with Gasteiger partial charge >= 0.3 is 0 Å². The Kier molecular flexibility index (Phi) is 3.00. The van der Waals surface area contributed by atoms with Crippen molar-refractivity contribution >= 4 is 6.08 Å². The summed E-state index contributed by atoms with van der Waals surface area (Å²) in [5.74, 6) is 0. The van der Waals surface area contributed by atoms with Gasteiger partial charge in [0.1, 0.15) is 0 Å². The van der Waals surface area contributed by atoms with E-state index in [1.165, 1.54) is 0 Å². The summed E-state index contributed by atoms with van der Waals surface area (Å²) in [7, 11) is 0. The lowest BCUT2D eigenvalue weighted by Gasteiger charge is -2.08. The van der Waals surface area contributed by atoms with Crippen LogP contribution in [-0.4, -0.2) is 4.98 Å². The summed E-state index contributed by atoms with van der Waals surface area (Å²) in [6.07, 6.45) is 4.44. The lowest BCUT2D eigenvalue weighted by atomic mass is 10.1. The molecule has 0 amide bonds. The van der Waals surface area contributed by atoms with E-state index in [1.54, 1.807) is 12.3 Å². The zero-order chi connectivity index (χ0) is 8.97. The Morgan fingerprint density at radius 1 is 1.75 bits per heavy atom. The van der Waals surface area contributed by atoms with Crippen LogP contribution >= 0.6 is 0 Å². The van der Waals surface area contributed by atoms with Crippen molar-refractivity contribution in [1.29, 1.82) is 0 Å². The first-order valence-corrected chi connectivity index (χ1v) is 4.12. The summed E-state index contributed by atoms with van der Waals surface area (Å²) in [5.41, 5.74) is 7.87. The summed E-state index contributed by atoms with van der Waals surface area (Å²) >= 11 is 0. The van der Waals surface area contributed by atoms with E-state index in [4.69, 9.17) is 5.73 Å². The van der Waals surface area contributed by atoms with E-state index < -0.39 is 0 Å². The van der Waals surface area contributed by atoms with Gasteiger partial charge in [0.15, 0.2) is 0 Å². The minimum atomic E-state index is 0.117. The van der Waals surface area contributed by atoms with Gasteiger partial charge in [-0.05, 0) is 30.2 Å². The van der Waals surface area contributed by atoms with Gasteiger partial charge in [0.2, 0.25) is 0 Å². The van der Waals surface area contributed by atoms with Crippen LogP contribution in [0.3, 0.4) is 0 Å². The van der Waals surface area contributed by atoms with Crippen LogP contribution in [0.2, 0.25) is 0 Å². The zero-order valence-corrected chi connectivity index (χ0v) is 7.33. The van der Waals surface area contributed by atoms with Crippen LogP contribution < -0.4 is 5.73 Å². The molecule has 64 valence electrons. The number of pyridine rings is 1. The fourth-order valence-corrected chi connectivity index (χ4v) is 1.04. The minimum absolute atomic E-state index is 0.117. The SMILES string of the molecule is C=Cc1cc([C@@H](N)CC)ccn1. The normalized spacial score (nSPS) is 12.5. The standard InChI is InChI=1S/C10H14N2/c1-3-9-7-8(5-6-12-9)10(11)4-2/h3,5-7,10H,1,4,11H2,2H3/t10-/m0/s1. The molecule has 1 heterocycles. The summed E-state index contributed by atoms with van der Waals surface area (Å²) in [4.78, 5) is 4.10. The maximum absolute atomic E-state index is 5.86. The molecule has 0 saturated heterocycles. The van der Waals surface area contributed by atoms with Crippen molar-refractivity contribution in [3.8, 4) is 0 Å². The monoisotopic (exact) mass is 162 g/mol. The van der Waals surface area contributed by atoms with Crippen molar-refractivity contribution in [3.05, 3.63) is 36.2 Å². The van der Waals surface area contributed by atoms with Gasteiger partial charge in [0.05, 0.1) is 5.69 Å². The number of rotatable bonds is 3. The average Bonchev–Trinajstić information content (AvgIpc) is 2.17. The van der Waals surface area contributed by atoms with Crippen LogP contribution in [0.25, 0.3) is 6.08 Å². The molecule has 2 heteroatoms. The van der Waals surface area contributed by atoms with Crippen molar-refractivity contribution < 1.29 is 0 Å². The third-order valence-corrected chi connectivity index (χ3v) is 1.88. The van der Waals surface area contributed by atoms with Gasteiger partial charge in [-0.15, -0.1) is 0 Å². The smallest absolute Gasteiger partial charge is 0.0627 e. The second-order valence-electron chi connectivity index (χ2n) is 2.73. The highest BCUT2D eigenvalue weighted by Gasteiger charge is 2.02. The van der Waals surface area contributed by atoms with Crippen molar-refractivity contribution in [3.63, 3.8) is 0 Å². The first kappa shape index (κ1) is 8.94. The Balaban J connectivity index is 2.93. The molecule has 0 fully saturated rings. The third kappa shape index (κ3) is 1.92. The van der Waals surface area contributed by atoms with E-state index in [-0.39, 0.29) is 6.04 Å². The first-order chi connectivity index (χ1) is 5.77. The molecule has 2 N–H and O–H groups in total. The van der Waals surface area contributed by atoms with Gasteiger partial charge in [0.25, 0.3) is 0 Å². The molecule has 1 atom stereocenters. The Labute approximate surface area is 73.1 Å². The molecule has 0 aliphatic rings. The van der Waals surface area contributed by atoms with Gasteiger partial charge in [-0.2, -0.15) is 0 Å². The molecule has 0 aromatic carbocycles. The number of aromatic nitrogens is 1. The molecule has 2 nitrogen and oxygen atoms in total. The molecule has 0 aliphatic heterocycles. The van der Waals surface area contributed by atoms with Crippen LogP contribution in [0.5, 0.6) is 0 Å². The zero-order valence-electron chi connectivity index (χ0n) is 7.33. The molecule has 0 bridgehead atoms. The molecular formula is C10H14N2. The van der Waals surface area contributed by atoms with Gasteiger partial charge in [-0.3, -0.25) is 4.98 Å². The summed E-state index contributed by atoms with van der Waals surface area (Å²) in [6, 6.07) is 4.04. The Bertz CT molecular complexity index is 268. The van der Waals surface area contributed by atoms with Crippen molar-refractivity contribution in [2.75, 3.05) is 0 Å². The van der Waals surface area contributed by atoms with E-state index in [2.05, 4.69) is 18.5 Å². The predicted molar refractivity (Wildman–Crippen MR) is 51.5 cm³/mol. The summed E-state index contributed by atoms with van der Waals surface area (Å²) in [5, 5.41) is 0. The highest BCUT2D eigenvalue weighted by atomic mass is 14.7. The average molecular weight is 162 g/mol. The molecule has 0 saturated carbocycles. The van der Waals surface area contributed by atoms with E-state index in [9.17, 15) is 0 Å². The maximum Gasteiger partial charge on any atom is 0.0627 e. The van der Waals surface area contributed by atoms with Gasteiger partial charge in [-0.25, -0.2) is 0 Å². The first-order valence-electron chi connectivity index (χ1n) is 4.12. The molecule has 1 aromatic heterocycles. The van der Waals surface area contributed by atoms with Crippen LogP contribution in [-0.2, 0) is 0 Å². The number of hydrogen-bond acceptors (Lipinski definition) is 2. The topological polar surface area (TPSA) is 38.9 Å². The molecule has 0 unspecified atom stereocenters. The Morgan fingerprint density at radius 3 is 3.08 bits per heavy atom. The van der Waals surface area contributed by atoms with Gasteiger partial charge in [-0.1, -0.05) is 13.5 Å². The van der Waals surface area contributed by atoms with Crippen LogP contribution in [0.4, 0.5) is 0 Å². The largest absolute Gasteiger partial charge is 0.324 e. The number of nitrogens with zero attached hydrogens (tertiary/aromatic N) is 1. The molecule has 1 rings (SSSR count). The van der Waals surface area contributed by atoms with Crippen molar-refractivity contribution in [2.45, 2.75) is 19.4 Å². The van der Waals surface area contributed by atoms with Gasteiger partial charge in [0, 0.05) is 12.2 Å². The second kappa shape index (κ2) is 4.02. The number of nitrogens with two attached hydrogens (primary N) is 1. The number of hydrogen-bond donors (Lipinski definition) is 1. The lowest BCUT2D eigenvalue weighted by molar-refractivity contribution is 0.697. The molecule has 0 radical (unpaired) electrons. The maximum atomic E-state index is 5.86. The quantitative estimate of drug-likeness (QED) is 0.739. The minimum Gasteiger partial charge on any atom is -0.324 e. The third-order valence-electron chi connectivity index (χ3n) is 1.88. The van der Waals surface area contributed by atoms with Crippen LogP contribution in [0.15, 0.2) is 24.9 Å². The Morgan fingerprint density at radius 2 is 2.50 bits per heavy atom. The van der Waals surface area contributed by atoms with E-state index in [0.717, 1.165) is 17.7 Å². The highest BCUT2D eigenvalue weighted by molar-refractivity contribution is 5.42. The fraction of sp³-hybridized carbons (Fsp3) is 0.300. The van der Waals surface area contributed by atoms with Crippen molar-refractivity contribution in [1.82, 2.24) is 4.98 Å². The van der Waals surface area contributed by atoms with Gasteiger partial charge < -0.3 is 5.73 Å². The molecule has 0 spiro atoms. The lowest BCUT2D eigenvalue weighted by Crippen LogP contribution is -2.08. The summed E-state index contributed by atoms with van der Waals surface area (Å²) in [6.45, 7) is 5.72. The van der Waals surface area contributed by atoms with E-state index in [0.29, 0.717) is 0 Å². The fourth-order valence-electron chi connectivity index (χ4n) is 1.04.